The van der Waals surface area contributed by atoms with Gasteiger partial charge >= 0.3 is 0 Å². The fourth-order valence-electron chi connectivity index (χ4n) is 5.05. The number of ether oxygens (including phenoxy) is 1. The molecule has 1 heterocycles. The molecule has 0 radical (unpaired) electrons. The summed E-state index contributed by atoms with van der Waals surface area (Å²) in [5.41, 5.74) is 0.408. The number of rotatable bonds is 6. The highest BCUT2D eigenvalue weighted by Crippen LogP contribution is 2.39. The highest BCUT2D eigenvalue weighted by Gasteiger charge is 2.44. The van der Waals surface area contributed by atoms with Gasteiger partial charge in [-0.2, -0.15) is 0 Å². The topological polar surface area (TPSA) is 73.2 Å². The van der Waals surface area contributed by atoms with Crippen LogP contribution in [-0.2, 0) is 0 Å². The molecule has 3 N–H and O–H groups in total. The van der Waals surface area contributed by atoms with Crippen LogP contribution < -0.4 is 4.74 Å². The molecule has 5 heteroatoms. The molecule has 2 atom stereocenters. The fraction of sp³-hybridized carbons (Fsp3) is 0.538. The summed E-state index contributed by atoms with van der Waals surface area (Å²) in [7, 11) is 0. The average molecular weight is 426 g/mol. The van der Waals surface area contributed by atoms with E-state index in [0.29, 0.717) is 37.7 Å². The molecule has 2 aromatic rings. The highest BCUT2D eigenvalue weighted by molar-refractivity contribution is 5.26. The van der Waals surface area contributed by atoms with Gasteiger partial charge in [0.05, 0.1) is 11.7 Å². The molecule has 0 unspecified atom stereocenters. The number of β-amino-alcohol motifs (C(OH)–C–C–N with tert-alkyl or cyclic N) is 2. The van der Waals surface area contributed by atoms with E-state index < -0.39 is 17.3 Å². The zero-order valence-corrected chi connectivity index (χ0v) is 18.4. The summed E-state index contributed by atoms with van der Waals surface area (Å²) in [5.74, 6) is 1.19. The van der Waals surface area contributed by atoms with Gasteiger partial charge in [0.25, 0.3) is 0 Å². The van der Waals surface area contributed by atoms with Crippen LogP contribution in [0.1, 0.15) is 49.1 Å². The van der Waals surface area contributed by atoms with Crippen LogP contribution in [0.5, 0.6) is 5.75 Å². The van der Waals surface area contributed by atoms with Crippen LogP contribution >= 0.6 is 0 Å². The van der Waals surface area contributed by atoms with Gasteiger partial charge in [-0.05, 0) is 62.6 Å². The summed E-state index contributed by atoms with van der Waals surface area (Å²) >= 11 is 0. The second kappa shape index (κ2) is 9.29. The van der Waals surface area contributed by atoms with E-state index in [1.807, 2.05) is 37.3 Å². The standard InChI is InChI=1S/C26H35NO4/c1-20-7-9-23(10-8-20)31-19-26(30)18-27(16-13-24(26)28)17-25(29)14-11-22(12-15-25)21-5-3-2-4-6-21/h2-10,22,24,28-30H,11-19H2,1H3/t22?,24-,25?,26-/m0/s1. The Morgan fingerprint density at radius 3 is 2.32 bits per heavy atom. The van der Waals surface area contributed by atoms with Gasteiger partial charge < -0.3 is 20.1 Å². The first kappa shape index (κ1) is 22.3. The van der Waals surface area contributed by atoms with Gasteiger partial charge in [-0.15, -0.1) is 0 Å². The number of hydrogen-bond donors (Lipinski definition) is 3. The maximum Gasteiger partial charge on any atom is 0.137 e. The van der Waals surface area contributed by atoms with Gasteiger partial charge in [0.15, 0.2) is 0 Å². The van der Waals surface area contributed by atoms with Gasteiger partial charge in [0.2, 0.25) is 0 Å². The van der Waals surface area contributed by atoms with Crippen LogP contribution in [-0.4, -0.2) is 63.8 Å². The summed E-state index contributed by atoms with van der Waals surface area (Å²) in [6, 6.07) is 18.2. The third-order valence-electron chi connectivity index (χ3n) is 7.05. The minimum atomic E-state index is -1.35. The summed E-state index contributed by atoms with van der Waals surface area (Å²) in [4.78, 5) is 2.09. The number of nitrogens with zero attached hydrogens (tertiary/aromatic N) is 1. The Kier molecular flexibility index (Phi) is 6.68. The predicted molar refractivity (Wildman–Crippen MR) is 121 cm³/mol. The minimum absolute atomic E-state index is 0.0300. The number of aryl methyl sites for hydroxylation is 1. The van der Waals surface area contributed by atoms with Crippen molar-refractivity contribution in [1.29, 1.82) is 0 Å². The first-order valence-corrected chi connectivity index (χ1v) is 11.4. The van der Waals surface area contributed by atoms with Crippen molar-refractivity contribution in [3.63, 3.8) is 0 Å². The van der Waals surface area contributed by atoms with E-state index in [9.17, 15) is 15.3 Å². The average Bonchev–Trinajstić information content (AvgIpc) is 2.77. The number of hydrogen-bond acceptors (Lipinski definition) is 5. The lowest BCUT2D eigenvalue weighted by Crippen LogP contribution is -2.62. The van der Waals surface area contributed by atoms with Crippen LogP contribution in [0.4, 0.5) is 0 Å². The molecular weight excluding hydrogens is 390 g/mol. The molecule has 0 aromatic heterocycles. The molecule has 2 fully saturated rings. The summed E-state index contributed by atoms with van der Waals surface area (Å²) in [6.07, 6.45) is 3.08. The second-order valence-corrected chi connectivity index (χ2v) is 9.63. The molecule has 0 amide bonds. The summed E-state index contributed by atoms with van der Waals surface area (Å²) in [5, 5.41) is 32.9. The monoisotopic (exact) mass is 425 g/mol. The molecule has 31 heavy (non-hydrogen) atoms. The highest BCUT2D eigenvalue weighted by atomic mass is 16.5. The van der Waals surface area contributed by atoms with Crippen LogP contribution in [0.3, 0.4) is 0 Å². The molecule has 168 valence electrons. The molecule has 0 spiro atoms. The Morgan fingerprint density at radius 1 is 0.968 bits per heavy atom. The van der Waals surface area contributed by atoms with Crippen molar-refractivity contribution in [2.45, 2.75) is 62.3 Å². The van der Waals surface area contributed by atoms with Crippen molar-refractivity contribution < 1.29 is 20.1 Å². The van der Waals surface area contributed by atoms with E-state index in [4.69, 9.17) is 4.74 Å². The minimum Gasteiger partial charge on any atom is -0.490 e. The van der Waals surface area contributed by atoms with Crippen LogP contribution in [0.25, 0.3) is 0 Å². The lowest BCUT2D eigenvalue weighted by Gasteiger charge is -2.46. The Balaban J connectivity index is 1.33. The maximum absolute atomic E-state index is 11.2. The third kappa shape index (κ3) is 5.47. The van der Waals surface area contributed by atoms with E-state index in [1.54, 1.807) is 0 Å². The maximum atomic E-state index is 11.2. The van der Waals surface area contributed by atoms with Crippen LogP contribution in [0.2, 0.25) is 0 Å². The first-order chi connectivity index (χ1) is 14.9. The number of piperidine rings is 1. The van der Waals surface area contributed by atoms with E-state index in [0.717, 1.165) is 31.2 Å². The molecule has 2 aromatic carbocycles. The van der Waals surface area contributed by atoms with Crippen molar-refractivity contribution in [3.05, 3.63) is 65.7 Å². The van der Waals surface area contributed by atoms with E-state index >= 15 is 0 Å². The molecule has 1 aliphatic heterocycles. The van der Waals surface area contributed by atoms with Crippen molar-refractivity contribution in [2.75, 3.05) is 26.2 Å². The number of likely N-dealkylation sites (tertiary alicyclic amines) is 1. The molecule has 1 saturated heterocycles. The second-order valence-electron chi connectivity index (χ2n) is 9.63. The van der Waals surface area contributed by atoms with Crippen molar-refractivity contribution in [3.8, 4) is 5.75 Å². The lowest BCUT2D eigenvalue weighted by molar-refractivity contribution is -0.150. The Bertz CT molecular complexity index is 832. The molecule has 1 saturated carbocycles. The zero-order valence-electron chi connectivity index (χ0n) is 18.4. The normalized spacial score (nSPS) is 32.0. The smallest absolute Gasteiger partial charge is 0.137 e. The molecule has 2 aliphatic rings. The van der Waals surface area contributed by atoms with Gasteiger partial charge in [0.1, 0.15) is 18.0 Å². The Labute approximate surface area is 185 Å². The first-order valence-electron chi connectivity index (χ1n) is 11.4. The molecule has 0 bridgehead atoms. The SMILES string of the molecule is Cc1ccc(OC[C@@]2(O)CN(CC3(O)CCC(c4ccccc4)CC3)CC[C@@H]2O)cc1. The van der Waals surface area contributed by atoms with Gasteiger partial charge in [-0.1, -0.05) is 48.0 Å². The van der Waals surface area contributed by atoms with Crippen molar-refractivity contribution in [2.24, 2.45) is 0 Å². The van der Waals surface area contributed by atoms with E-state index in [2.05, 4.69) is 29.2 Å². The Morgan fingerprint density at radius 2 is 1.65 bits per heavy atom. The molecule has 1 aliphatic carbocycles. The molecular formula is C26H35NO4. The third-order valence-corrected chi connectivity index (χ3v) is 7.05. The summed E-state index contributed by atoms with van der Waals surface area (Å²) in [6.45, 7) is 3.53. The summed E-state index contributed by atoms with van der Waals surface area (Å²) < 4.78 is 5.80. The van der Waals surface area contributed by atoms with E-state index in [-0.39, 0.29) is 6.61 Å². The van der Waals surface area contributed by atoms with Crippen LogP contribution in [0, 0.1) is 6.92 Å². The number of benzene rings is 2. The number of aliphatic hydroxyl groups is 3. The zero-order chi connectivity index (χ0) is 21.9. The largest absolute Gasteiger partial charge is 0.490 e. The van der Waals surface area contributed by atoms with Gasteiger partial charge in [-0.3, -0.25) is 4.90 Å². The van der Waals surface area contributed by atoms with Gasteiger partial charge in [0, 0.05) is 19.6 Å². The quantitative estimate of drug-likeness (QED) is 0.663. The van der Waals surface area contributed by atoms with E-state index in [1.165, 1.54) is 5.56 Å². The lowest BCUT2D eigenvalue weighted by atomic mass is 9.75. The Hall–Kier alpha value is -1.92. The molecule has 4 rings (SSSR count). The number of aliphatic hydroxyl groups excluding tert-OH is 1. The molecule has 5 nitrogen and oxygen atoms in total. The van der Waals surface area contributed by atoms with Crippen LogP contribution in [0.15, 0.2) is 54.6 Å². The van der Waals surface area contributed by atoms with Gasteiger partial charge in [-0.25, -0.2) is 0 Å². The van der Waals surface area contributed by atoms with Crippen molar-refractivity contribution in [1.82, 2.24) is 4.90 Å². The van der Waals surface area contributed by atoms with Crippen molar-refractivity contribution >= 4 is 0 Å². The fourth-order valence-corrected chi connectivity index (χ4v) is 5.05. The predicted octanol–water partition coefficient (Wildman–Crippen LogP) is 3.26.